The first kappa shape index (κ1) is 13.5. The first-order valence-electron chi connectivity index (χ1n) is 8.14. The molecular formula is C17H28O2. The maximum atomic E-state index is 5.80. The standard InChI is InChI=1S/C17H28O2/c1-3-18-15-8-6-13(7-9-15)4-5-14-10-11-17(2)16(12-14)19-17/h3,13-16H,1,4-12H2,2H3. The molecule has 2 aliphatic carbocycles. The van der Waals surface area contributed by atoms with Crippen LogP contribution < -0.4 is 0 Å². The summed E-state index contributed by atoms with van der Waals surface area (Å²) < 4.78 is 11.3. The second-order valence-corrected chi connectivity index (χ2v) is 7.08. The van der Waals surface area contributed by atoms with Crippen molar-refractivity contribution in [2.75, 3.05) is 0 Å². The molecule has 0 aromatic carbocycles. The van der Waals surface area contributed by atoms with E-state index >= 15 is 0 Å². The number of epoxide rings is 1. The Kier molecular flexibility index (Phi) is 3.88. The van der Waals surface area contributed by atoms with Gasteiger partial charge >= 0.3 is 0 Å². The molecule has 1 aliphatic heterocycles. The zero-order chi connectivity index (χ0) is 13.3. The molecule has 3 rings (SSSR count). The predicted octanol–water partition coefficient (Wildman–Crippen LogP) is 4.44. The molecule has 0 spiro atoms. The first-order chi connectivity index (χ1) is 9.19. The average Bonchev–Trinajstić information content (AvgIpc) is 3.09. The molecule has 3 atom stereocenters. The molecule has 0 aromatic rings. The molecule has 1 heterocycles. The van der Waals surface area contributed by atoms with Crippen molar-refractivity contribution in [3.8, 4) is 0 Å². The summed E-state index contributed by atoms with van der Waals surface area (Å²) in [5.41, 5.74) is 0.288. The fourth-order valence-corrected chi connectivity index (χ4v) is 4.15. The summed E-state index contributed by atoms with van der Waals surface area (Å²) >= 11 is 0. The van der Waals surface area contributed by atoms with Crippen LogP contribution in [0, 0.1) is 11.8 Å². The maximum Gasteiger partial charge on any atom is 0.0978 e. The summed E-state index contributed by atoms with van der Waals surface area (Å²) in [5.74, 6) is 1.88. The highest BCUT2D eigenvalue weighted by Gasteiger charge is 2.54. The molecule has 2 nitrogen and oxygen atoms in total. The van der Waals surface area contributed by atoms with E-state index in [-0.39, 0.29) is 5.60 Å². The van der Waals surface area contributed by atoms with Gasteiger partial charge in [0.2, 0.25) is 0 Å². The molecule has 3 unspecified atom stereocenters. The summed E-state index contributed by atoms with van der Waals surface area (Å²) in [6.07, 6.45) is 14.7. The number of hydrogen-bond acceptors (Lipinski definition) is 2. The fourth-order valence-electron chi connectivity index (χ4n) is 4.15. The van der Waals surface area contributed by atoms with E-state index in [0.29, 0.717) is 12.2 Å². The van der Waals surface area contributed by atoms with E-state index in [1.807, 2.05) is 0 Å². The van der Waals surface area contributed by atoms with Crippen LogP contribution in [0.3, 0.4) is 0 Å². The van der Waals surface area contributed by atoms with E-state index in [0.717, 1.165) is 11.8 Å². The highest BCUT2D eigenvalue weighted by molar-refractivity contribution is 5.03. The Morgan fingerprint density at radius 3 is 2.58 bits per heavy atom. The number of hydrogen-bond donors (Lipinski definition) is 0. The molecule has 19 heavy (non-hydrogen) atoms. The monoisotopic (exact) mass is 264 g/mol. The third-order valence-corrected chi connectivity index (χ3v) is 5.70. The van der Waals surface area contributed by atoms with Gasteiger partial charge in [-0.15, -0.1) is 0 Å². The third-order valence-electron chi connectivity index (χ3n) is 5.70. The van der Waals surface area contributed by atoms with E-state index in [2.05, 4.69) is 13.5 Å². The van der Waals surface area contributed by atoms with Crippen LogP contribution in [0.2, 0.25) is 0 Å². The van der Waals surface area contributed by atoms with Crippen molar-refractivity contribution in [3.63, 3.8) is 0 Å². The average molecular weight is 264 g/mol. The summed E-state index contributed by atoms with van der Waals surface area (Å²) in [7, 11) is 0. The lowest BCUT2D eigenvalue weighted by Crippen LogP contribution is -2.23. The van der Waals surface area contributed by atoms with Gasteiger partial charge in [-0.25, -0.2) is 0 Å². The number of rotatable bonds is 5. The largest absolute Gasteiger partial charge is 0.499 e. The summed E-state index contributed by atoms with van der Waals surface area (Å²) in [4.78, 5) is 0. The Morgan fingerprint density at radius 1 is 1.16 bits per heavy atom. The zero-order valence-electron chi connectivity index (χ0n) is 12.3. The van der Waals surface area contributed by atoms with Gasteiger partial charge in [-0.05, 0) is 63.7 Å². The quantitative estimate of drug-likeness (QED) is 0.541. The summed E-state index contributed by atoms with van der Waals surface area (Å²) in [5, 5.41) is 0. The normalized spacial score (nSPS) is 45.3. The smallest absolute Gasteiger partial charge is 0.0978 e. The third kappa shape index (κ3) is 3.16. The van der Waals surface area contributed by atoms with Crippen LogP contribution in [-0.2, 0) is 9.47 Å². The van der Waals surface area contributed by atoms with Crippen LogP contribution in [0.5, 0.6) is 0 Å². The van der Waals surface area contributed by atoms with Gasteiger partial charge in [0, 0.05) is 0 Å². The number of fused-ring (bicyclic) bond motifs is 1. The molecule has 3 fully saturated rings. The lowest BCUT2D eigenvalue weighted by Gasteiger charge is -2.29. The molecule has 0 bridgehead atoms. The predicted molar refractivity (Wildman–Crippen MR) is 76.9 cm³/mol. The van der Waals surface area contributed by atoms with Crippen molar-refractivity contribution in [2.24, 2.45) is 11.8 Å². The van der Waals surface area contributed by atoms with Crippen molar-refractivity contribution < 1.29 is 9.47 Å². The van der Waals surface area contributed by atoms with Crippen LogP contribution in [0.4, 0.5) is 0 Å². The van der Waals surface area contributed by atoms with E-state index in [9.17, 15) is 0 Å². The molecule has 0 amide bonds. The SMILES string of the molecule is C=COC1CCC(CCC2CCC3(C)OC3C2)CC1. The highest BCUT2D eigenvalue weighted by atomic mass is 16.6. The summed E-state index contributed by atoms with van der Waals surface area (Å²) in [6, 6.07) is 0. The Hall–Kier alpha value is -0.500. The minimum absolute atomic E-state index is 0.288. The lowest BCUT2D eigenvalue weighted by atomic mass is 9.77. The molecule has 2 heteroatoms. The summed E-state index contributed by atoms with van der Waals surface area (Å²) in [6.45, 7) is 5.94. The Labute approximate surface area is 117 Å². The number of ether oxygens (including phenoxy) is 2. The Balaban J connectivity index is 1.34. The van der Waals surface area contributed by atoms with Gasteiger partial charge in [-0.2, -0.15) is 0 Å². The molecule has 2 saturated carbocycles. The van der Waals surface area contributed by atoms with Crippen molar-refractivity contribution in [1.29, 1.82) is 0 Å². The van der Waals surface area contributed by atoms with E-state index in [1.165, 1.54) is 57.8 Å². The van der Waals surface area contributed by atoms with Gasteiger partial charge < -0.3 is 9.47 Å². The van der Waals surface area contributed by atoms with Crippen LogP contribution >= 0.6 is 0 Å². The van der Waals surface area contributed by atoms with Crippen molar-refractivity contribution in [1.82, 2.24) is 0 Å². The van der Waals surface area contributed by atoms with Crippen LogP contribution in [-0.4, -0.2) is 17.8 Å². The van der Waals surface area contributed by atoms with Crippen LogP contribution in [0.25, 0.3) is 0 Å². The Morgan fingerprint density at radius 2 is 1.89 bits per heavy atom. The van der Waals surface area contributed by atoms with Gasteiger partial charge in [-0.1, -0.05) is 19.4 Å². The molecule has 0 radical (unpaired) electrons. The zero-order valence-corrected chi connectivity index (χ0v) is 12.3. The lowest BCUT2D eigenvalue weighted by molar-refractivity contribution is 0.0851. The molecular weight excluding hydrogens is 236 g/mol. The van der Waals surface area contributed by atoms with Crippen LogP contribution in [0.1, 0.15) is 64.7 Å². The van der Waals surface area contributed by atoms with Gasteiger partial charge in [0.15, 0.2) is 0 Å². The second kappa shape index (κ2) is 5.47. The topological polar surface area (TPSA) is 21.8 Å². The second-order valence-electron chi connectivity index (χ2n) is 7.08. The highest BCUT2D eigenvalue weighted by Crippen LogP contribution is 2.50. The molecule has 0 N–H and O–H groups in total. The minimum Gasteiger partial charge on any atom is -0.499 e. The van der Waals surface area contributed by atoms with E-state index < -0.39 is 0 Å². The van der Waals surface area contributed by atoms with E-state index in [1.54, 1.807) is 6.26 Å². The van der Waals surface area contributed by atoms with Crippen molar-refractivity contribution >= 4 is 0 Å². The Bertz CT molecular complexity index is 319. The van der Waals surface area contributed by atoms with E-state index in [4.69, 9.17) is 9.47 Å². The first-order valence-corrected chi connectivity index (χ1v) is 8.14. The fraction of sp³-hybridized carbons (Fsp3) is 0.882. The minimum atomic E-state index is 0.288. The van der Waals surface area contributed by atoms with Crippen LogP contribution in [0.15, 0.2) is 12.8 Å². The molecule has 0 aromatic heterocycles. The van der Waals surface area contributed by atoms with Gasteiger partial charge in [0.1, 0.15) is 0 Å². The molecule has 3 aliphatic rings. The molecule has 108 valence electrons. The van der Waals surface area contributed by atoms with Crippen molar-refractivity contribution in [3.05, 3.63) is 12.8 Å². The molecule has 1 saturated heterocycles. The van der Waals surface area contributed by atoms with Gasteiger partial charge in [-0.3, -0.25) is 0 Å². The maximum absolute atomic E-state index is 5.80. The van der Waals surface area contributed by atoms with Gasteiger partial charge in [0.05, 0.1) is 24.1 Å². The van der Waals surface area contributed by atoms with Crippen molar-refractivity contribution in [2.45, 2.75) is 82.5 Å². The van der Waals surface area contributed by atoms with Gasteiger partial charge in [0.25, 0.3) is 0 Å².